The molecule has 0 aromatic heterocycles. The van der Waals surface area contributed by atoms with E-state index < -0.39 is 0 Å². The Bertz CT molecular complexity index is 543. The number of aliphatic hydroxyl groups is 1. The monoisotopic (exact) mass is 272 g/mol. The second kappa shape index (κ2) is 6.82. The number of nitrogens with two attached hydrogens (primary N) is 1. The summed E-state index contributed by atoms with van der Waals surface area (Å²) in [5, 5.41) is 12.8. The first-order valence-electron chi connectivity index (χ1n) is 6.57. The summed E-state index contributed by atoms with van der Waals surface area (Å²) in [6.07, 6.45) is 0.739. The van der Waals surface area contributed by atoms with E-state index in [-0.39, 0.29) is 12.6 Å². The lowest BCUT2D eigenvalue weighted by molar-refractivity contribution is 0.274. The number of aliphatic hydroxyl groups excluding tert-OH is 1. The van der Waals surface area contributed by atoms with Gasteiger partial charge in [-0.25, -0.2) is 0 Å². The molecule has 0 heterocycles. The summed E-state index contributed by atoms with van der Waals surface area (Å²) in [6, 6.07) is 15.4. The van der Waals surface area contributed by atoms with E-state index in [0.29, 0.717) is 5.69 Å². The smallest absolute Gasteiger partial charge is 0.121 e. The number of nitrogens with one attached hydrogen (secondary N) is 1. The van der Waals surface area contributed by atoms with Crippen molar-refractivity contribution in [3.8, 4) is 5.75 Å². The zero-order valence-electron chi connectivity index (χ0n) is 11.5. The number of hydrogen-bond acceptors (Lipinski definition) is 4. The molecule has 1 unspecified atom stereocenters. The summed E-state index contributed by atoms with van der Waals surface area (Å²) >= 11 is 0. The van der Waals surface area contributed by atoms with Crippen molar-refractivity contribution in [2.24, 2.45) is 0 Å². The summed E-state index contributed by atoms with van der Waals surface area (Å²) < 4.78 is 5.12. The molecule has 0 bridgehead atoms. The Hall–Kier alpha value is -2.20. The van der Waals surface area contributed by atoms with Gasteiger partial charge in [0.2, 0.25) is 0 Å². The van der Waals surface area contributed by atoms with Crippen molar-refractivity contribution in [3.63, 3.8) is 0 Å². The van der Waals surface area contributed by atoms with Gasteiger partial charge in [-0.1, -0.05) is 30.3 Å². The van der Waals surface area contributed by atoms with Crippen LogP contribution in [0.3, 0.4) is 0 Å². The highest BCUT2D eigenvalue weighted by Crippen LogP contribution is 2.25. The fraction of sp³-hybridized carbons (Fsp3) is 0.250. The molecule has 4 heteroatoms. The van der Waals surface area contributed by atoms with Crippen LogP contribution in [-0.4, -0.2) is 24.9 Å². The molecule has 0 amide bonds. The topological polar surface area (TPSA) is 67.5 Å². The first kappa shape index (κ1) is 14.2. The summed E-state index contributed by atoms with van der Waals surface area (Å²) in [5.74, 6) is 0.719. The Balaban J connectivity index is 2.06. The van der Waals surface area contributed by atoms with Crippen molar-refractivity contribution >= 4 is 11.4 Å². The highest BCUT2D eigenvalue weighted by molar-refractivity contribution is 5.68. The van der Waals surface area contributed by atoms with Gasteiger partial charge in [0.15, 0.2) is 0 Å². The Morgan fingerprint density at radius 3 is 2.55 bits per heavy atom. The van der Waals surface area contributed by atoms with Crippen LogP contribution in [-0.2, 0) is 6.42 Å². The van der Waals surface area contributed by atoms with E-state index in [1.54, 1.807) is 13.2 Å². The van der Waals surface area contributed by atoms with Crippen LogP contribution in [0.4, 0.5) is 11.4 Å². The zero-order chi connectivity index (χ0) is 14.4. The lowest BCUT2D eigenvalue weighted by Gasteiger charge is -2.19. The van der Waals surface area contributed by atoms with Crippen LogP contribution in [0.25, 0.3) is 0 Å². The number of nitrogen functional groups attached to an aromatic ring is 1. The summed E-state index contributed by atoms with van der Waals surface area (Å²) in [5.41, 5.74) is 8.56. The average Bonchev–Trinajstić information content (AvgIpc) is 2.49. The first-order chi connectivity index (χ1) is 9.72. The molecule has 0 saturated heterocycles. The van der Waals surface area contributed by atoms with Crippen LogP contribution in [0.1, 0.15) is 5.56 Å². The van der Waals surface area contributed by atoms with Crippen molar-refractivity contribution in [1.82, 2.24) is 0 Å². The molecule has 0 fully saturated rings. The van der Waals surface area contributed by atoms with Gasteiger partial charge in [-0.2, -0.15) is 0 Å². The van der Waals surface area contributed by atoms with E-state index in [1.807, 2.05) is 42.5 Å². The van der Waals surface area contributed by atoms with Gasteiger partial charge >= 0.3 is 0 Å². The van der Waals surface area contributed by atoms with Crippen LogP contribution >= 0.6 is 0 Å². The number of rotatable bonds is 6. The highest BCUT2D eigenvalue weighted by atomic mass is 16.5. The molecule has 20 heavy (non-hydrogen) atoms. The molecule has 0 radical (unpaired) electrons. The normalized spacial score (nSPS) is 11.9. The third kappa shape index (κ3) is 3.65. The third-order valence-electron chi connectivity index (χ3n) is 3.16. The molecule has 0 saturated carbocycles. The van der Waals surface area contributed by atoms with Gasteiger partial charge in [0, 0.05) is 6.07 Å². The quantitative estimate of drug-likeness (QED) is 0.706. The SMILES string of the molecule is COc1ccc(NC(CO)Cc2ccccc2)c(N)c1. The molecule has 1 atom stereocenters. The minimum Gasteiger partial charge on any atom is -0.497 e. The number of ether oxygens (including phenoxy) is 1. The molecule has 4 nitrogen and oxygen atoms in total. The molecule has 0 aliphatic carbocycles. The predicted octanol–water partition coefficient (Wildman–Crippen LogP) is 2.29. The van der Waals surface area contributed by atoms with Gasteiger partial charge in [0.1, 0.15) is 5.75 Å². The van der Waals surface area contributed by atoms with Crippen molar-refractivity contribution in [1.29, 1.82) is 0 Å². The van der Waals surface area contributed by atoms with Crippen LogP contribution < -0.4 is 15.8 Å². The molecule has 2 aromatic rings. The predicted molar refractivity (Wildman–Crippen MR) is 82.0 cm³/mol. The van der Waals surface area contributed by atoms with Crippen molar-refractivity contribution in [2.75, 3.05) is 24.8 Å². The summed E-state index contributed by atoms with van der Waals surface area (Å²) in [4.78, 5) is 0. The van der Waals surface area contributed by atoms with Gasteiger partial charge in [-0.15, -0.1) is 0 Å². The number of hydrogen-bond donors (Lipinski definition) is 3. The molecule has 0 aliphatic rings. The minimum absolute atomic E-state index is 0.0420. The van der Waals surface area contributed by atoms with Crippen molar-refractivity contribution in [3.05, 3.63) is 54.1 Å². The van der Waals surface area contributed by atoms with E-state index in [9.17, 15) is 5.11 Å². The van der Waals surface area contributed by atoms with Crippen molar-refractivity contribution < 1.29 is 9.84 Å². The lowest BCUT2D eigenvalue weighted by Crippen LogP contribution is -2.26. The van der Waals surface area contributed by atoms with E-state index in [0.717, 1.165) is 17.9 Å². The maximum absolute atomic E-state index is 9.51. The largest absolute Gasteiger partial charge is 0.497 e. The summed E-state index contributed by atoms with van der Waals surface area (Å²) in [6.45, 7) is 0.0420. The second-order valence-corrected chi connectivity index (χ2v) is 4.67. The van der Waals surface area contributed by atoms with E-state index in [4.69, 9.17) is 10.5 Å². The van der Waals surface area contributed by atoms with Gasteiger partial charge in [-0.3, -0.25) is 0 Å². The van der Waals surface area contributed by atoms with Gasteiger partial charge in [0.25, 0.3) is 0 Å². The Morgan fingerprint density at radius 2 is 1.95 bits per heavy atom. The van der Waals surface area contributed by atoms with Crippen LogP contribution in [0, 0.1) is 0 Å². The average molecular weight is 272 g/mol. The number of methoxy groups -OCH3 is 1. The molecule has 0 spiro atoms. The summed E-state index contributed by atoms with van der Waals surface area (Å²) in [7, 11) is 1.60. The number of anilines is 2. The zero-order valence-corrected chi connectivity index (χ0v) is 11.5. The van der Waals surface area contributed by atoms with Gasteiger partial charge in [-0.05, 0) is 24.1 Å². The highest BCUT2D eigenvalue weighted by Gasteiger charge is 2.10. The molecule has 2 aromatic carbocycles. The van der Waals surface area contributed by atoms with Gasteiger partial charge < -0.3 is 20.9 Å². The van der Waals surface area contributed by atoms with E-state index in [1.165, 1.54) is 5.56 Å². The first-order valence-corrected chi connectivity index (χ1v) is 6.57. The Labute approximate surface area is 119 Å². The maximum Gasteiger partial charge on any atom is 0.121 e. The molecule has 0 aliphatic heterocycles. The lowest BCUT2D eigenvalue weighted by atomic mass is 10.1. The standard InChI is InChI=1S/C16H20N2O2/c1-20-14-7-8-16(15(17)10-14)18-13(11-19)9-12-5-3-2-4-6-12/h2-8,10,13,18-19H,9,11,17H2,1H3. The maximum atomic E-state index is 9.51. The Kier molecular flexibility index (Phi) is 4.85. The number of benzene rings is 2. The fourth-order valence-corrected chi connectivity index (χ4v) is 2.08. The molecular weight excluding hydrogens is 252 g/mol. The van der Waals surface area contributed by atoms with E-state index >= 15 is 0 Å². The van der Waals surface area contributed by atoms with Gasteiger partial charge in [0.05, 0.1) is 31.1 Å². The van der Waals surface area contributed by atoms with Crippen molar-refractivity contribution in [2.45, 2.75) is 12.5 Å². The fourth-order valence-electron chi connectivity index (χ4n) is 2.08. The van der Waals surface area contributed by atoms with Crippen LogP contribution in [0.5, 0.6) is 5.75 Å². The Morgan fingerprint density at radius 1 is 1.20 bits per heavy atom. The third-order valence-corrected chi connectivity index (χ3v) is 3.16. The van der Waals surface area contributed by atoms with Crippen LogP contribution in [0.15, 0.2) is 48.5 Å². The van der Waals surface area contributed by atoms with Crippen LogP contribution in [0.2, 0.25) is 0 Å². The minimum atomic E-state index is -0.0758. The molecule has 2 rings (SSSR count). The molecule has 4 N–H and O–H groups in total. The molecule has 106 valence electrons. The van der Waals surface area contributed by atoms with E-state index in [2.05, 4.69) is 5.32 Å². The second-order valence-electron chi connectivity index (χ2n) is 4.67. The molecular formula is C16H20N2O2.